The van der Waals surface area contributed by atoms with Gasteiger partial charge in [-0.1, -0.05) is 129 Å². The van der Waals surface area contributed by atoms with Gasteiger partial charge in [0.25, 0.3) is 5.91 Å². The van der Waals surface area contributed by atoms with Crippen molar-refractivity contribution in [2.75, 3.05) is 39.1 Å². The lowest BCUT2D eigenvalue weighted by Gasteiger charge is -2.44. The summed E-state index contributed by atoms with van der Waals surface area (Å²) in [5, 5.41) is 68.9. The molecule has 3 heterocycles. The Morgan fingerprint density at radius 2 is 1.21 bits per heavy atom. The molecule has 3 aliphatic heterocycles. The monoisotopic (exact) mass is 1180 g/mol. The van der Waals surface area contributed by atoms with Gasteiger partial charge in [-0.15, -0.1) is 0 Å². The molecular weight excluding hydrogens is 1090 g/mol. The number of aliphatic hydroxyl groups is 6. The molecule has 3 aliphatic rings. The van der Waals surface area contributed by atoms with Crippen molar-refractivity contribution in [2.45, 2.75) is 228 Å². The van der Waals surface area contributed by atoms with Gasteiger partial charge in [-0.3, -0.25) is 28.1 Å². The number of nitrogens with one attached hydrogen (secondary N) is 1. The Morgan fingerprint density at radius 1 is 0.684 bits per heavy atom. The highest BCUT2D eigenvalue weighted by atomic mass is 31.3. The van der Waals surface area contributed by atoms with Crippen molar-refractivity contribution in [3.8, 4) is 0 Å². The van der Waals surface area contributed by atoms with Crippen LogP contribution in [-0.4, -0.2) is 179 Å². The number of nitrogens with zero attached hydrogens (tertiary/aromatic N) is 1. The van der Waals surface area contributed by atoms with E-state index in [4.69, 9.17) is 34.7 Å². The summed E-state index contributed by atoms with van der Waals surface area (Å²) < 4.78 is 92.4. The third kappa shape index (κ3) is 23.5. The van der Waals surface area contributed by atoms with Crippen molar-refractivity contribution in [3.05, 3.63) is 0 Å². The number of carbonyl (C=O) groups is 2. The second kappa shape index (κ2) is 33.9. The smallest absolute Gasteiger partial charge is 0.394 e. The quantitative estimate of drug-likeness (QED) is 0.0237. The third-order valence-corrected chi connectivity index (χ3v) is 18.8. The molecule has 2 amide bonds. The predicted molar refractivity (Wildman–Crippen MR) is 271 cm³/mol. The fraction of sp³-hybridized carbons (Fsp3) is 0.955. The predicted octanol–water partition coefficient (Wildman–Crippen LogP) is 2.75. The average Bonchev–Trinajstić information content (AvgIpc) is 3.98. The number of unbranched alkanes of at least 4 members (excludes halogenated alkanes) is 16. The van der Waals surface area contributed by atoms with E-state index in [1.807, 2.05) is 0 Å². The fourth-order valence-electron chi connectivity index (χ4n) is 9.11. The second-order valence-electron chi connectivity index (χ2n) is 19.6. The van der Waals surface area contributed by atoms with E-state index in [0.717, 1.165) is 89.9 Å². The van der Waals surface area contributed by atoms with Crippen LogP contribution in [0.4, 0.5) is 0 Å². The maximum Gasteiger partial charge on any atom is 0.483 e. The van der Waals surface area contributed by atoms with Crippen molar-refractivity contribution < 1.29 is 114 Å². The molecule has 0 spiro atoms. The van der Waals surface area contributed by atoms with Gasteiger partial charge in [0.15, 0.2) is 6.29 Å². The number of amides is 2. The van der Waals surface area contributed by atoms with Gasteiger partial charge in [0.1, 0.15) is 48.7 Å². The first-order valence-electron chi connectivity index (χ1n) is 26.6. The highest BCUT2D eigenvalue weighted by Crippen LogP contribution is 2.66. The first kappa shape index (κ1) is 69.3. The lowest BCUT2D eigenvalue weighted by atomic mass is 9.96. The van der Waals surface area contributed by atoms with Crippen LogP contribution in [0.15, 0.2) is 0 Å². The van der Waals surface area contributed by atoms with Crippen molar-refractivity contribution in [1.82, 2.24) is 10.2 Å². The van der Waals surface area contributed by atoms with Crippen LogP contribution in [0.1, 0.15) is 155 Å². The molecule has 0 aromatic heterocycles. The van der Waals surface area contributed by atoms with Crippen LogP contribution in [0.3, 0.4) is 0 Å². The first-order valence-corrected chi connectivity index (χ1v) is 32.8. The zero-order valence-corrected chi connectivity index (χ0v) is 47.3. The molecule has 0 aromatic carbocycles. The van der Waals surface area contributed by atoms with E-state index in [1.165, 1.54) is 12.8 Å². The van der Waals surface area contributed by atoms with Gasteiger partial charge in [0, 0.05) is 13.1 Å². The molecule has 3 rings (SSSR count). The second-order valence-corrected chi connectivity index (χ2v) is 26.1. The van der Waals surface area contributed by atoms with Crippen LogP contribution in [0.2, 0.25) is 0 Å². The summed E-state index contributed by atoms with van der Waals surface area (Å²) in [7, 11) is -21.8. The van der Waals surface area contributed by atoms with Crippen LogP contribution in [0, 0.1) is 0 Å². The van der Waals surface area contributed by atoms with Crippen LogP contribution in [0.25, 0.3) is 0 Å². The molecule has 28 nitrogen and oxygen atoms in total. The summed E-state index contributed by atoms with van der Waals surface area (Å²) in [4.78, 5) is 69.3. The zero-order chi connectivity index (χ0) is 56.7. The van der Waals surface area contributed by atoms with Gasteiger partial charge in [0.2, 0.25) is 11.8 Å². The molecule has 76 heavy (non-hydrogen) atoms. The summed E-state index contributed by atoms with van der Waals surface area (Å²) in [6.45, 7) is 0.720. The number of fused-ring (bicyclic) bond motifs is 1. The summed E-state index contributed by atoms with van der Waals surface area (Å²) in [5.41, 5.74) is 10.6. The summed E-state index contributed by atoms with van der Waals surface area (Å²) in [6.07, 6.45) is -0.681. The minimum absolute atomic E-state index is 0.170. The number of aliphatic hydroxyl groups excluding tert-OH is 6. The molecule has 0 radical (unpaired) electrons. The Balaban J connectivity index is 1.86. The normalized spacial score (nSPS) is 29.6. The SMILES string of the molecule is CCCCCCCCCCC[C@@H](O)CC(=O)N[C@H]1C(O)[C@H](OP(=O)(O)OP(=O)(O)OCCN)[C@@H](CO)O[C@H]1OCC1O[C@@]2(OP(=O)(O)OP(=O)(O)CCN)C(C(O)[C@@H]1O)N2C(=O)C[C@H](O)CCCCCCCCCCC. The molecule has 448 valence electrons. The van der Waals surface area contributed by atoms with E-state index in [-0.39, 0.29) is 19.4 Å². The average molecular weight is 1180 g/mol. The Bertz CT molecular complexity index is 1920. The van der Waals surface area contributed by atoms with Gasteiger partial charge in [-0.25, -0.2) is 22.5 Å². The molecule has 8 unspecified atom stereocenters. The number of phosphoric ester groups is 3. The lowest BCUT2D eigenvalue weighted by molar-refractivity contribution is -0.293. The molecule has 0 aliphatic carbocycles. The van der Waals surface area contributed by atoms with Crippen molar-refractivity contribution in [3.63, 3.8) is 0 Å². The number of hydrogen-bond acceptors (Lipinski definition) is 22. The Kier molecular flexibility index (Phi) is 30.9. The molecule has 0 bridgehead atoms. The van der Waals surface area contributed by atoms with Crippen LogP contribution in [-0.2, 0) is 64.3 Å². The molecular formula is C44H88N4O24P4. The fourth-order valence-corrected chi connectivity index (χ4v) is 14.0. The van der Waals surface area contributed by atoms with E-state index < -0.39 is 161 Å². The van der Waals surface area contributed by atoms with E-state index in [2.05, 4.69) is 32.3 Å². The third-order valence-electron chi connectivity index (χ3n) is 13.0. The van der Waals surface area contributed by atoms with Crippen molar-refractivity contribution in [1.29, 1.82) is 0 Å². The minimum atomic E-state index is -5.77. The van der Waals surface area contributed by atoms with E-state index in [0.29, 0.717) is 17.7 Å². The van der Waals surface area contributed by atoms with E-state index in [1.54, 1.807) is 0 Å². The van der Waals surface area contributed by atoms with Crippen molar-refractivity contribution in [2.24, 2.45) is 11.5 Å². The van der Waals surface area contributed by atoms with Gasteiger partial charge >= 0.3 is 31.1 Å². The van der Waals surface area contributed by atoms with Crippen LogP contribution in [0.5, 0.6) is 0 Å². The standard InChI is InChI=1S/C44H88N4O24P4/c1-3-5-7-9-11-13-15-17-19-21-31(50)27-35(52)47-37-39(55)41(69-75(61,62)72-74(59,60)66-25-23-45)33(29-49)67-43(37)65-30-34-38(54)40(56)42-44(68-34,70-76(63,64)71-73(57,58)26-24-46)48(42)36(53)28-32(51)22-20-18-16-14-12-10-8-6-4-2/h31-34,37-43,49-51,54-56H,3-30,45-46H2,1-2H3,(H,47,52)(H,57,58)(H,59,60)(H,61,62)(H,63,64)/t31-,32-,33-,34?,37+,38-,39?,40?,41-,42?,43-,44-,48?/m1/s1. The molecule has 16 atom stereocenters. The topological polar surface area (TPSA) is 446 Å². The summed E-state index contributed by atoms with van der Waals surface area (Å²) in [5.74, 6) is -4.79. The highest BCUT2D eigenvalue weighted by Gasteiger charge is 2.78. The Morgan fingerprint density at radius 3 is 1.72 bits per heavy atom. The van der Waals surface area contributed by atoms with Crippen LogP contribution >= 0.6 is 31.1 Å². The number of hydrogen-bond donors (Lipinski definition) is 13. The number of nitrogens with two attached hydrogens (primary N) is 2. The van der Waals surface area contributed by atoms with Gasteiger partial charge in [-0.05, 0) is 12.8 Å². The summed E-state index contributed by atoms with van der Waals surface area (Å²) >= 11 is 0. The Labute approximate surface area is 445 Å². The molecule has 0 saturated carbocycles. The van der Waals surface area contributed by atoms with E-state index >= 15 is 0 Å². The molecule has 3 fully saturated rings. The molecule has 3 saturated heterocycles. The Hall–Kier alpha value is -0.940. The number of carbonyl (C=O) groups excluding carboxylic acids is 2. The first-order chi connectivity index (χ1) is 35.8. The number of ether oxygens (including phenoxy) is 3. The molecule has 0 aromatic rings. The van der Waals surface area contributed by atoms with Crippen molar-refractivity contribution >= 4 is 42.9 Å². The number of rotatable bonds is 42. The van der Waals surface area contributed by atoms with E-state index in [9.17, 15) is 78.1 Å². The maximum atomic E-state index is 13.8. The molecule has 15 N–H and O–H groups in total. The highest BCUT2D eigenvalue weighted by molar-refractivity contribution is 7.64. The zero-order valence-electron chi connectivity index (χ0n) is 43.7. The van der Waals surface area contributed by atoms with Gasteiger partial charge < -0.3 is 81.2 Å². The number of phosphoric acid groups is 3. The van der Waals surface area contributed by atoms with Gasteiger partial charge in [-0.2, -0.15) is 4.31 Å². The van der Waals surface area contributed by atoms with Crippen LogP contribution < -0.4 is 16.8 Å². The summed E-state index contributed by atoms with van der Waals surface area (Å²) in [6, 6.07) is -3.70. The molecule has 32 heteroatoms. The largest absolute Gasteiger partial charge is 0.483 e. The van der Waals surface area contributed by atoms with Gasteiger partial charge in [0.05, 0.1) is 51.0 Å². The maximum absolute atomic E-state index is 13.8. The minimum Gasteiger partial charge on any atom is -0.394 e. The lowest BCUT2D eigenvalue weighted by Crippen LogP contribution is -2.65.